The number of nitrogens with one attached hydrogen (secondary N) is 1. The second-order valence-electron chi connectivity index (χ2n) is 4.64. The van der Waals surface area contributed by atoms with E-state index in [1.807, 2.05) is 36.4 Å². The number of rotatable bonds is 1. The lowest BCUT2D eigenvalue weighted by Crippen LogP contribution is -2.04. The predicted molar refractivity (Wildman–Crippen MR) is 73.3 cm³/mol. The van der Waals surface area contributed by atoms with E-state index in [1.54, 1.807) is 6.20 Å². The minimum absolute atomic E-state index is 0.890. The van der Waals surface area contributed by atoms with E-state index in [9.17, 15) is 0 Å². The number of aromatic amines is 1. The number of H-pyrrole nitrogens is 1. The highest BCUT2D eigenvalue weighted by molar-refractivity contribution is 5.69. The maximum atomic E-state index is 5.98. The SMILES string of the molecule is c1ccc2c(c1)Cc1c(cccc1-c1ccn[nH]1)O2. The standard InChI is InChI=1S/C16H12N2O/c1-2-6-15-11(4-1)10-13-12(14-8-9-17-18-14)5-3-7-16(13)19-15/h1-9H,10H2,(H,17,18). The van der Waals surface area contributed by atoms with Gasteiger partial charge >= 0.3 is 0 Å². The summed E-state index contributed by atoms with van der Waals surface area (Å²) in [6.45, 7) is 0. The Balaban J connectivity index is 1.88. The van der Waals surface area contributed by atoms with Gasteiger partial charge in [0.05, 0.1) is 5.69 Å². The number of ether oxygens (including phenoxy) is 1. The van der Waals surface area contributed by atoms with Gasteiger partial charge in [0.2, 0.25) is 0 Å². The van der Waals surface area contributed by atoms with Crippen LogP contribution in [0.5, 0.6) is 11.5 Å². The van der Waals surface area contributed by atoms with Gasteiger partial charge in [0.1, 0.15) is 11.5 Å². The zero-order valence-electron chi connectivity index (χ0n) is 10.3. The first-order valence-corrected chi connectivity index (χ1v) is 6.29. The highest BCUT2D eigenvalue weighted by Gasteiger charge is 2.20. The van der Waals surface area contributed by atoms with Crippen LogP contribution < -0.4 is 4.74 Å². The van der Waals surface area contributed by atoms with Gasteiger partial charge in [-0.2, -0.15) is 5.10 Å². The molecule has 4 rings (SSSR count). The number of fused-ring (bicyclic) bond motifs is 2. The fourth-order valence-electron chi connectivity index (χ4n) is 2.56. The molecule has 92 valence electrons. The molecule has 1 aliphatic rings. The summed E-state index contributed by atoms with van der Waals surface area (Å²) in [5.74, 6) is 1.89. The zero-order valence-corrected chi connectivity index (χ0v) is 10.3. The van der Waals surface area contributed by atoms with E-state index in [-0.39, 0.29) is 0 Å². The molecule has 1 aromatic heterocycles. The van der Waals surface area contributed by atoms with E-state index in [1.165, 1.54) is 11.1 Å². The lowest BCUT2D eigenvalue weighted by molar-refractivity contribution is 0.460. The summed E-state index contributed by atoms with van der Waals surface area (Å²) >= 11 is 0. The third-order valence-electron chi connectivity index (χ3n) is 3.48. The molecule has 3 heteroatoms. The van der Waals surface area contributed by atoms with Crippen molar-refractivity contribution in [3.05, 3.63) is 65.9 Å². The molecule has 0 atom stereocenters. The molecular weight excluding hydrogens is 236 g/mol. The van der Waals surface area contributed by atoms with Gasteiger partial charge in [0.15, 0.2) is 0 Å². The normalized spacial score (nSPS) is 12.4. The molecule has 19 heavy (non-hydrogen) atoms. The molecule has 3 aromatic rings. The van der Waals surface area contributed by atoms with E-state index in [0.717, 1.165) is 29.2 Å². The van der Waals surface area contributed by atoms with Crippen LogP contribution in [0.4, 0.5) is 0 Å². The number of hydrogen-bond acceptors (Lipinski definition) is 2. The molecule has 0 aliphatic carbocycles. The topological polar surface area (TPSA) is 37.9 Å². The Bertz CT molecular complexity index is 732. The quantitative estimate of drug-likeness (QED) is 0.556. The van der Waals surface area contributed by atoms with Gasteiger partial charge in [0, 0.05) is 23.7 Å². The third-order valence-corrected chi connectivity index (χ3v) is 3.48. The highest BCUT2D eigenvalue weighted by atomic mass is 16.5. The maximum Gasteiger partial charge on any atom is 0.131 e. The van der Waals surface area contributed by atoms with Crippen molar-refractivity contribution in [1.82, 2.24) is 10.2 Å². The average molecular weight is 248 g/mol. The summed E-state index contributed by atoms with van der Waals surface area (Å²) in [7, 11) is 0. The first-order valence-electron chi connectivity index (χ1n) is 6.29. The summed E-state index contributed by atoms with van der Waals surface area (Å²) in [5, 5.41) is 7.05. The van der Waals surface area contributed by atoms with Gasteiger partial charge in [-0.15, -0.1) is 0 Å². The Kier molecular flexibility index (Phi) is 2.18. The molecular formula is C16H12N2O. The van der Waals surface area contributed by atoms with Gasteiger partial charge in [-0.3, -0.25) is 5.10 Å². The van der Waals surface area contributed by atoms with Crippen LogP contribution in [-0.2, 0) is 6.42 Å². The highest BCUT2D eigenvalue weighted by Crippen LogP contribution is 2.40. The van der Waals surface area contributed by atoms with Crippen LogP contribution in [0.1, 0.15) is 11.1 Å². The Morgan fingerprint density at radius 1 is 0.947 bits per heavy atom. The van der Waals surface area contributed by atoms with E-state index < -0.39 is 0 Å². The summed E-state index contributed by atoms with van der Waals surface area (Å²) < 4.78 is 5.98. The number of nitrogens with zero attached hydrogens (tertiary/aromatic N) is 1. The Labute approximate surface area is 110 Å². The summed E-state index contributed by atoms with van der Waals surface area (Å²) in [5.41, 5.74) is 4.62. The lowest BCUT2D eigenvalue weighted by atomic mass is 9.94. The van der Waals surface area contributed by atoms with Crippen LogP contribution in [-0.4, -0.2) is 10.2 Å². The van der Waals surface area contributed by atoms with Gasteiger partial charge in [0.25, 0.3) is 0 Å². The van der Waals surface area contributed by atoms with Crippen molar-refractivity contribution < 1.29 is 4.74 Å². The molecule has 0 spiro atoms. The minimum atomic E-state index is 0.890. The van der Waals surface area contributed by atoms with Crippen molar-refractivity contribution in [3.8, 4) is 22.8 Å². The lowest BCUT2D eigenvalue weighted by Gasteiger charge is -2.22. The molecule has 0 fully saturated rings. The van der Waals surface area contributed by atoms with Crippen molar-refractivity contribution in [2.75, 3.05) is 0 Å². The van der Waals surface area contributed by atoms with E-state index in [4.69, 9.17) is 4.74 Å². The summed E-state index contributed by atoms with van der Waals surface area (Å²) in [6, 6.07) is 16.3. The smallest absolute Gasteiger partial charge is 0.131 e. The number of aromatic nitrogens is 2. The van der Waals surface area contributed by atoms with Gasteiger partial charge in [-0.25, -0.2) is 0 Å². The van der Waals surface area contributed by atoms with Gasteiger partial charge < -0.3 is 4.74 Å². The third kappa shape index (κ3) is 1.63. The molecule has 3 nitrogen and oxygen atoms in total. The van der Waals surface area contributed by atoms with Crippen molar-refractivity contribution in [1.29, 1.82) is 0 Å². The van der Waals surface area contributed by atoms with Crippen LogP contribution in [0.2, 0.25) is 0 Å². The number of hydrogen-bond donors (Lipinski definition) is 1. The molecule has 0 radical (unpaired) electrons. The zero-order chi connectivity index (χ0) is 12.7. The molecule has 1 N–H and O–H groups in total. The predicted octanol–water partition coefficient (Wildman–Crippen LogP) is 3.77. The van der Waals surface area contributed by atoms with E-state index >= 15 is 0 Å². The minimum Gasteiger partial charge on any atom is -0.457 e. The van der Waals surface area contributed by atoms with E-state index in [0.29, 0.717) is 0 Å². The Hall–Kier alpha value is -2.55. The van der Waals surface area contributed by atoms with Crippen LogP contribution in [0.15, 0.2) is 54.7 Å². The molecule has 0 saturated carbocycles. The van der Waals surface area contributed by atoms with Crippen LogP contribution >= 0.6 is 0 Å². The fourth-order valence-corrected chi connectivity index (χ4v) is 2.56. The van der Waals surface area contributed by atoms with Gasteiger partial charge in [-0.05, 0) is 23.8 Å². The van der Waals surface area contributed by atoms with Crippen molar-refractivity contribution >= 4 is 0 Å². The van der Waals surface area contributed by atoms with Crippen molar-refractivity contribution in [2.45, 2.75) is 6.42 Å². The largest absolute Gasteiger partial charge is 0.457 e. The number of para-hydroxylation sites is 1. The summed E-state index contributed by atoms with van der Waals surface area (Å²) in [4.78, 5) is 0. The second-order valence-corrected chi connectivity index (χ2v) is 4.64. The molecule has 2 heterocycles. The van der Waals surface area contributed by atoms with Crippen molar-refractivity contribution in [2.24, 2.45) is 0 Å². The van der Waals surface area contributed by atoms with Crippen LogP contribution in [0.25, 0.3) is 11.3 Å². The number of benzene rings is 2. The molecule has 2 aromatic carbocycles. The molecule has 0 saturated heterocycles. The molecule has 1 aliphatic heterocycles. The van der Waals surface area contributed by atoms with Crippen LogP contribution in [0.3, 0.4) is 0 Å². The average Bonchev–Trinajstić information content (AvgIpc) is 2.98. The Morgan fingerprint density at radius 2 is 1.84 bits per heavy atom. The maximum absolute atomic E-state index is 5.98. The summed E-state index contributed by atoms with van der Waals surface area (Å²) in [6.07, 6.45) is 2.66. The molecule has 0 bridgehead atoms. The fraction of sp³-hybridized carbons (Fsp3) is 0.0625. The first kappa shape index (κ1) is 10.4. The Morgan fingerprint density at radius 3 is 2.74 bits per heavy atom. The molecule has 0 amide bonds. The van der Waals surface area contributed by atoms with Crippen molar-refractivity contribution in [3.63, 3.8) is 0 Å². The van der Waals surface area contributed by atoms with Crippen LogP contribution in [0, 0.1) is 0 Å². The van der Waals surface area contributed by atoms with E-state index in [2.05, 4.69) is 22.3 Å². The van der Waals surface area contributed by atoms with Gasteiger partial charge in [-0.1, -0.05) is 30.3 Å². The monoisotopic (exact) mass is 248 g/mol. The second kappa shape index (κ2) is 3.99. The first-order chi connectivity index (χ1) is 9.42. The molecule has 0 unspecified atom stereocenters.